The number of hydrogen-bond acceptors (Lipinski definition) is 0. The van der Waals surface area contributed by atoms with Crippen LogP contribution in [-0.2, 0) is 12.8 Å². The maximum Gasteiger partial charge on any atom is 0.0619 e. The summed E-state index contributed by atoms with van der Waals surface area (Å²) in [7, 11) is 0. The molecule has 110 valence electrons. The second-order valence-electron chi connectivity index (χ2n) is 6.31. The van der Waals surface area contributed by atoms with Gasteiger partial charge in [0, 0.05) is 0 Å². The van der Waals surface area contributed by atoms with Crippen LogP contribution in [0.25, 0.3) is 0 Å². The molecule has 0 spiro atoms. The van der Waals surface area contributed by atoms with Crippen LogP contribution in [0.2, 0.25) is 0 Å². The van der Waals surface area contributed by atoms with E-state index in [1.54, 1.807) is 0 Å². The lowest BCUT2D eigenvalue weighted by Crippen LogP contribution is -2.08. The monoisotopic (exact) mass is 298 g/mol. The van der Waals surface area contributed by atoms with E-state index in [4.69, 9.17) is 11.6 Å². The molecule has 0 aliphatic heterocycles. The quantitative estimate of drug-likeness (QED) is 0.617. The molecule has 1 heteroatoms. The lowest BCUT2D eigenvalue weighted by molar-refractivity contribution is 0.540. The number of alkyl halides is 1. The summed E-state index contributed by atoms with van der Waals surface area (Å²) in [6.07, 6.45) is 3.40. The minimum Gasteiger partial charge on any atom is -0.117 e. The molecule has 21 heavy (non-hydrogen) atoms. The highest BCUT2D eigenvalue weighted by atomic mass is 35.5. The zero-order valence-electron chi connectivity index (χ0n) is 12.9. The second-order valence-corrected chi connectivity index (χ2v) is 6.78. The molecule has 2 unspecified atom stereocenters. The SMILES string of the molecule is CCC(C)c1ccc(C(Cl)C2Cc3ccccc3C2)cc1. The van der Waals surface area contributed by atoms with Crippen LogP contribution in [0.1, 0.15) is 53.8 Å². The Balaban J connectivity index is 1.73. The van der Waals surface area contributed by atoms with E-state index in [0.717, 1.165) is 12.8 Å². The van der Waals surface area contributed by atoms with Gasteiger partial charge in [-0.25, -0.2) is 0 Å². The van der Waals surface area contributed by atoms with Gasteiger partial charge in [0.2, 0.25) is 0 Å². The molecule has 1 aliphatic rings. The molecule has 2 aromatic rings. The zero-order valence-corrected chi connectivity index (χ0v) is 13.6. The van der Waals surface area contributed by atoms with Gasteiger partial charge >= 0.3 is 0 Å². The van der Waals surface area contributed by atoms with Gasteiger partial charge in [-0.1, -0.05) is 62.4 Å². The van der Waals surface area contributed by atoms with Crippen molar-refractivity contribution in [3.05, 3.63) is 70.8 Å². The first kappa shape index (κ1) is 14.7. The fourth-order valence-corrected chi connectivity index (χ4v) is 3.64. The van der Waals surface area contributed by atoms with Gasteiger partial charge in [-0.15, -0.1) is 11.6 Å². The molecule has 3 rings (SSSR count). The molecule has 0 heterocycles. The summed E-state index contributed by atoms with van der Waals surface area (Å²) in [6.45, 7) is 4.51. The van der Waals surface area contributed by atoms with Crippen molar-refractivity contribution in [1.29, 1.82) is 0 Å². The average Bonchev–Trinajstić information content (AvgIpc) is 2.97. The molecule has 2 atom stereocenters. The third-order valence-electron chi connectivity index (χ3n) is 4.93. The average molecular weight is 299 g/mol. The number of fused-ring (bicyclic) bond motifs is 1. The Morgan fingerprint density at radius 2 is 1.48 bits per heavy atom. The van der Waals surface area contributed by atoms with E-state index in [-0.39, 0.29) is 5.38 Å². The summed E-state index contributed by atoms with van der Waals surface area (Å²) < 4.78 is 0. The van der Waals surface area contributed by atoms with Crippen LogP contribution in [0.5, 0.6) is 0 Å². The van der Waals surface area contributed by atoms with Gasteiger partial charge in [-0.2, -0.15) is 0 Å². The van der Waals surface area contributed by atoms with Gasteiger partial charge in [0.25, 0.3) is 0 Å². The Morgan fingerprint density at radius 3 is 2.00 bits per heavy atom. The van der Waals surface area contributed by atoms with Crippen molar-refractivity contribution in [3.8, 4) is 0 Å². The van der Waals surface area contributed by atoms with Crippen LogP contribution in [0.3, 0.4) is 0 Å². The molecule has 2 aromatic carbocycles. The maximum atomic E-state index is 6.77. The summed E-state index contributed by atoms with van der Waals surface area (Å²) in [5, 5.41) is 0.114. The van der Waals surface area contributed by atoms with Crippen molar-refractivity contribution >= 4 is 11.6 Å². The summed E-state index contributed by atoms with van der Waals surface area (Å²) in [5.74, 6) is 1.15. The summed E-state index contributed by atoms with van der Waals surface area (Å²) >= 11 is 6.77. The Bertz CT molecular complexity index is 574. The topological polar surface area (TPSA) is 0 Å². The van der Waals surface area contributed by atoms with E-state index < -0.39 is 0 Å². The van der Waals surface area contributed by atoms with Crippen molar-refractivity contribution < 1.29 is 0 Å². The molecule has 0 N–H and O–H groups in total. The molecule has 0 saturated heterocycles. The van der Waals surface area contributed by atoms with Gasteiger partial charge in [0.05, 0.1) is 5.38 Å². The normalized spacial score (nSPS) is 17.5. The Kier molecular flexibility index (Phi) is 4.35. The van der Waals surface area contributed by atoms with Gasteiger partial charge in [0.15, 0.2) is 0 Å². The van der Waals surface area contributed by atoms with Crippen LogP contribution in [0, 0.1) is 5.92 Å². The van der Waals surface area contributed by atoms with E-state index in [1.807, 2.05) is 0 Å². The molecule has 0 aromatic heterocycles. The van der Waals surface area contributed by atoms with E-state index in [0.29, 0.717) is 11.8 Å². The van der Waals surface area contributed by atoms with Crippen molar-refractivity contribution in [3.63, 3.8) is 0 Å². The number of rotatable bonds is 4. The van der Waals surface area contributed by atoms with E-state index in [1.165, 1.54) is 28.7 Å². The zero-order chi connectivity index (χ0) is 14.8. The Morgan fingerprint density at radius 1 is 0.952 bits per heavy atom. The summed E-state index contributed by atoms with van der Waals surface area (Å²) in [5.41, 5.74) is 5.63. The third kappa shape index (κ3) is 3.01. The predicted molar refractivity (Wildman–Crippen MR) is 91.1 cm³/mol. The number of halogens is 1. The van der Waals surface area contributed by atoms with Crippen LogP contribution in [-0.4, -0.2) is 0 Å². The van der Waals surface area contributed by atoms with Gasteiger partial charge < -0.3 is 0 Å². The lowest BCUT2D eigenvalue weighted by Gasteiger charge is -2.18. The van der Waals surface area contributed by atoms with Crippen LogP contribution >= 0.6 is 11.6 Å². The van der Waals surface area contributed by atoms with E-state index >= 15 is 0 Å². The fraction of sp³-hybridized carbons (Fsp3) is 0.400. The van der Waals surface area contributed by atoms with Gasteiger partial charge in [-0.05, 0) is 53.4 Å². The van der Waals surface area contributed by atoms with E-state index in [9.17, 15) is 0 Å². The van der Waals surface area contributed by atoms with Crippen LogP contribution in [0.15, 0.2) is 48.5 Å². The lowest BCUT2D eigenvalue weighted by atomic mass is 9.93. The Hall–Kier alpha value is -1.27. The van der Waals surface area contributed by atoms with Gasteiger partial charge in [-0.3, -0.25) is 0 Å². The Labute approximate surface area is 133 Å². The standard InChI is InChI=1S/C20H23Cl/c1-3-14(2)15-8-10-16(11-9-15)20(21)19-12-17-6-4-5-7-18(17)13-19/h4-11,14,19-20H,3,12-13H2,1-2H3. The van der Waals surface area contributed by atoms with Crippen molar-refractivity contribution in [2.24, 2.45) is 5.92 Å². The first-order valence-corrected chi connectivity index (χ1v) is 8.43. The fourth-order valence-electron chi connectivity index (χ4n) is 3.32. The molecular formula is C20H23Cl. The molecule has 0 amide bonds. The molecule has 0 radical (unpaired) electrons. The summed E-state index contributed by atoms with van der Waals surface area (Å²) in [4.78, 5) is 0. The van der Waals surface area contributed by atoms with Crippen LogP contribution < -0.4 is 0 Å². The molecule has 0 nitrogen and oxygen atoms in total. The molecular weight excluding hydrogens is 276 g/mol. The van der Waals surface area contributed by atoms with Crippen LogP contribution in [0.4, 0.5) is 0 Å². The van der Waals surface area contributed by atoms with Gasteiger partial charge in [0.1, 0.15) is 0 Å². The molecule has 0 fully saturated rings. The number of benzene rings is 2. The molecule has 0 saturated carbocycles. The number of hydrogen-bond donors (Lipinski definition) is 0. The first-order chi connectivity index (χ1) is 10.2. The minimum atomic E-state index is 0.114. The smallest absolute Gasteiger partial charge is 0.0619 e. The van der Waals surface area contributed by atoms with Crippen molar-refractivity contribution in [1.82, 2.24) is 0 Å². The first-order valence-electron chi connectivity index (χ1n) is 7.99. The van der Waals surface area contributed by atoms with E-state index in [2.05, 4.69) is 62.4 Å². The van der Waals surface area contributed by atoms with Crippen molar-refractivity contribution in [2.45, 2.75) is 44.4 Å². The van der Waals surface area contributed by atoms with Crippen molar-refractivity contribution in [2.75, 3.05) is 0 Å². The largest absolute Gasteiger partial charge is 0.117 e. The second kappa shape index (κ2) is 6.23. The molecule has 0 bridgehead atoms. The highest BCUT2D eigenvalue weighted by Gasteiger charge is 2.28. The highest BCUT2D eigenvalue weighted by molar-refractivity contribution is 6.21. The third-order valence-corrected chi connectivity index (χ3v) is 5.54. The highest BCUT2D eigenvalue weighted by Crippen LogP contribution is 2.39. The summed E-state index contributed by atoms with van der Waals surface area (Å²) in [6, 6.07) is 17.7. The predicted octanol–water partition coefficient (Wildman–Crippen LogP) is 5.90. The minimum absolute atomic E-state index is 0.114. The maximum absolute atomic E-state index is 6.77. The molecule has 1 aliphatic carbocycles.